The van der Waals surface area contributed by atoms with Gasteiger partial charge in [0.25, 0.3) is 5.91 Å². The van der Waals surface area contributed by atoms with Gasteiger partial charge in [-0.25, -0.2) is 8.78 Å². The van der Waals surface area contributed by atoms with Crippen LogP contribution < -0.4 is 10.3 Å². The summed E-state index contributed by atoms with van der Waals surface area (Å²) in [5, 5.41) is 0.00910. The largest absolute Gasteiger partial charge is 0.450 e. The summed E-state index contributed by atoms with van der Waals surface area (Å²) in [6, 6.07) is 13.9. The maximum Gasteiger partial charge on any atom is 0.295 e. The van der Waals surface area contributed by atoms with Crippen LogP contribution in [-0.4, -0.2) is 5.91 Å². The van der Waals surface area contributed by atoms with Gasteiger partial charge in [-0.2, -0.15) is 0 Å². The quantitative estimate of drug-likeness (QED) is 0.437. The number of rotatable bonds is 2. The Morgan fingerprint density at radius 1 is 0.903 bits per heavy atom. The average molecular weight is 417 g/mol. The molecule has 0 bridgehead atoms. The third-order valence-electron chi connectivity index (χ3n) is 5.80. The third-order valence-corrected chi connectivity index (χ3v) is 5.80. The van der Waals surface area contributed by atoms with Crippen LogP contribution >= 0.6 is 0 Å². The number of anilines is 1. The van der Waals surface area contributed by atoms with Crippen LogP contribution in [0.2, 0.25) is 0 Å². The number of hydrogen-bond acceptors (Lipinski definition) is 3. The summed E-state index contributed by atoms with van der Waals surface area (Å²) in [5.41, 5.74) is 2.21. The Morgan fingerprint density at radius 3 is 2.42 bits per heavy atom. The first-order valence-corrected chi connectivity index (χ1v) is 9.78. The second kappa shape index (κ2) is 6.87. The van der Waals surface area contributed by atoms with E-state index in [1.54, 1.807) is 12.1 Å². The maximum absolute atomic E-state index is 14.9. The summed E-state index contributed by atoms with van der Waals surface area (Å²) in [4.78, 5) is 28.2. The first-order valence-electron chi connectivity index (χ1n) is 9.78. The molecule has 0 spiro atoms. The fraction of sp³-hybridized carbons (Fsp3) is 0.120. The van der Waals surface area contributed by atoms with E-state index in [4.69, 9.17) is 4.42 Å². The van der Waals surface area contributed by atoms with E-state index in [0.29, 0.717) is 5.69 Å². The van der Waals surface area contributed by atoms with Crippen molar-refractivity contribution in [2.45, 2.75) is 19.9 Å². The van der Waals surface area contributed by atoms with Crippen molar-refractivity contribution in [2.75, 3.05) is 4.90 Å². The van der Waals surface area contributed by atoms with E-state index in [9.17, 15) is 18.4 Å². The molecule has 0 fully saturated rings. The summed E-state index contributed by atoms with van der Waals surface area (Å²) in [7, 11) is 0. The Hall–Kier alpha value is -3.80. The molecule has 0 N–H and O–H groups in total. The fourth-order valence-corrected chi connectivity index (χ4v) is 4.08. The second-order valence-corrected chi connectivity index (χ2v) is 7.68. The van der Waals surface area contributed by atoms with Gasteiger partial charge in [-0.05, 0) is 61.4 Å². The van der Waals surface area contributed by atoms with E-state index in [-0.39, 0.29) is 27.9 Å². The molecule has 5 rings (SSSR count). The van der Waals surface area contributed by atoms with Crippen LogP contribution in [0.3, 0.4) is 0 Å². The van der Waals surface area contributed by atoms with Crippen LogP contribution in [0.25, 0.3) is 11.0 Å². The number of hydrogen-bond donors (Lipinski definition) is 0. The van der Waals surface area contributed by atoms with Crippen LogP contribution in [0.4, 0.5) is 14.5 Å². The van der Waals surface area contributed by atoms with Gasteiger partial charge < -0.3 is 4.42 Å². The zero-order valence-electron chi connectivity index (χ0n) is 16.8. The molecular formula is C25H17F2NO3. The van der Waals surface area contributed by atoms with Gasteiger partial charge in [-0.15, -0.1) is 0 Å². The molecule has 1 unspecified atom stereocenters. The van der Waals surface area contributed by atoms with Crippen LogP contribution in [0, 0.1) is 25.5 Å². The molecule has 3 aromatic carbocycles. The van der Waals surface area contributed by atoms with E-state index in [2.05, 4.69) is 0 Å². The van der Waals surface area contributed by atoms with Crippen molar-refractivity contribution in [3.63, 3.8) is 0 Å². The monoisotopic (exact) mass is 417 g/mol. The van der Waals surface area contributed by atoms with Crippen LogP contribution in [-0.2, 0) is 0 Å². The van der Waals surface area contributed by atoms with E-state index in [1.807, 2.05) is 26.0 Å². The lowest BCUT2D eigenvalue weighted by atomic mass is 9.97. The molecule has 31 heavy (non-hydrogen) atoms. The number of halogens is 2. The zero-order valence-corrected chi connectivity index (χ0v) is 16.8. The lowest BCUT2D eigenvalue weighted by molar-refractivity contribution is 0.0971. The van der Waals surface area contributed by atoms with Gasteiger partial charge in [0.05, 0.1) is 17.0 Å². The fourth-order valence-electron chi connectivity index (χ4n) is 4.08. The van der Waals surface area contributed by atoms with Crippen molar-refractivity contribution in [1.82, 2.24) is 0 Å². The molecule has 0 saturated carbocycles. The normalized spacial score (nSPS) is 15.5. The predicted octanol–water partition coefficient (Wildman–Crippen LogP) is 5.44. The van der Waals surface area contributed by atoms with E-state index >= 15 is 0 Å². The highest BCUT2D eigenvalue weighted by molar-refractivity contribution is 6.10. The first kappa shape index (κ1) is 19.2. The summed E-state index contributed by atoms with van der Waals surface area (Å²) < 4.78 is 34.5. The molecule has 154 valence electrons. The van der Waals surface area contributed by atoms with Crippen molar-refractivity contribution >= 4 is 22.6 Å². The van der Waals surface area contributed by atoms with Crippen molar-refractivity contribution in [2.24, 2.45) is 0 Å². The van der Waals surface area contributed by atoms with Gasteiger partial charge in [0.15, 0.2) is 5.43 Å². The van der Waals surface area contributed by atoms with Crippen LogP contribution in [0.5, 0.6) is 0 Å². The van der Waals surface area contributed by atoms with Crippen LogP contribution in [0.15, 0.2) is 69.9 Å². The first-order chi connectivity index (χ1) is 14.9. The van der Waals surface area contributed by atoms with Crippen molar-refractivity contribution in [3.05, 3.63) is 111 Å². The van der Waals surface area contributed by atoms with Crippen molar-refractivity contribution in [1.29, 1.82) is 0 Å². The Balaban J connectivity index is 1.85. The van der Waals surface area contributed by atoms with Crippen molar-refractivity contribution < 1.29 is 18.0 Å². The molecule has 2 heterocycles. The lowest BCUT2D eigenvalue weighted by Crippen LogP contribution is -2.30. The van der Waals surface area contributed by atoms with Gasteiger partial charge in [0, 0.05) is 11.3 Å². The van der Waals surface area contributed by atoms with Crippen molar-refractivity contribution in [3.8, 4) is 0 Å². The number of fused-ring (bicyclic) bond motifs is 2. The van der Waals surface area contributed by atoms with Gasteiger partial charge in [0.2, 0.25) is 5.76 Å². The van der Waals surface area contributed by atoms with E-state index < -0.39 is 29.0 Å². The Labute approximate surface area is 176 Å². The van der Waals surface area contributed by atoms with Gasteiger partial charge in [-0.3, -0.25) is 14.5 Å². The molecule has 1 aliphatic heterocycles. The lowest BCUT2D eigenvalue weighted by Gasteiger charge is -2.26. The number of aryl methyl sites for hydroxylation is 2. The number of nitrogens with zero attached hydrogens (tertiary/aromatic N) is 1. The standard InChI is InChI=1S/C25H17F2NO3/c1-13-7-9-16(11-14(13)2)28-22(17-5-3-4-6-19(17)27)21-23(29)18-12-15(26)8-10-20(18)31-24(21)25(28)30/h3-12,22H,1-2H3. The van der Waals surface area contributed by atoms with Crippen LogP contribution in [0.1, 0.15) is 38.9 Å². The zero-order chi connectivity index (χ0) is 21.9. The van der Waals surface area contributed by atoms with Gasteiger partial charge in [0.1, 0.15) is 17.2 Å². The molecule has 0 radical (unpaired) electrons. The molecule has 0 saturated heterocycles. The average Bonchev–Trinajstić information content (AvgIpc) is 3.04. The molecule has 1 aromatic heterocycles. The Bertz CT molecular complexity index is 1440. The minimum atomic E-state index is -1.03. The number of amides is 1. The minimum absolute atomic E-state index is 0.00595. The molecule has 1 atom stereocenters. The molecule has 6 heteroatoms. The molecule has 4 nitrogen and oxygen atoms in total. The minimum Gasteiger partial charge on any atom is -0.450 e. The topological polar surface area (TPSA) is 50.5 Å². The van der Waals surface area contributed by atoms with E-state index in [0.717, 1.165) is 23.3 Å². The maximum atomic E-state index is 14.9. The summed E-state index contributed by atoms with van der Waals surface area (Å²) >= 11 is 0. The highest BCUT2D eigenvalue weighted by Crippen LogP contribution is 2.42. The second-order valence-electron chi connectivity index (χ2n) is 7.68. The summed E-state index contributed by atoms with van der Waals surface area (Å²) in [6.45, 7) is 3.85. The van der Waals surface area contributed by atoms with E-state index in [1.165, 1.54) is 29.2 Å². The summed E-state index contributed by atoms with van der Waals surface area (Å²) in [5.74, 6) is -1.86. The smallest absolute Gasteiger partial charge is 0.295 e. The Morgan fingerprint density at radius 2 is 1.68 bits per heavy atom. The van der Waals surface area contributed by atoms with Gasteiger partial charge >= 0.3 is 0 Å². The number of carbonyl (C=O) groups is 1. The highest BCUT2D eigenvalue weighted by atomic mass is 19.1. The molecule has 1 amide bonds. The number of benzene rings is 3. The van der Waals surface area contributed by atoms with Gasteiger partial charge in [-0.1, -0.05) is 24.3 Å². The molecular weight excluding hydrogens is 400 g/mol. The summed E-state index contributed by atoms with van der Waals surface area (Å²) in [6.07, 6.45) is 0. The molecule has 0 aliphatic carbocycles. The molecule has 4 aromatic rings. The SMILES string of the molecule is Cc1ccc(N2C(=O)c3oc4ccc(F)cc4c(=O)c3C2c2ccccc2F)cc1C. The molecule has 1 aliphatic rings. The predicted molar refractivity (Wildman–Crippen MR) is 113 cm³/mol. The third kappa shape index (κ3) is 2.86. The number of carbonyl (C=O) groups excluding carboxylic acids is 1. The Kier molecular flexibility index (Phi) is 4.25. The highest BCUT2D eigenvalue weighted by Gasteiger charge is 2.44.